The van der Waals surface area contributed by atoms with Crippen LogP contribution in [0.3, 0.4) is 0 Å². The van der Waals surface area contributed by atoms with E-state index in [0.29, 0.717) is 44.1 Å². The molecule has 3 aromatic rings. The zero-order chi connectivity index (χ0) is 23.2. The van der Waals surface area contributed by atoms with E-state index in [1.54, 1.807) is 40.7 Å². The van der Waals surface area contributed by atoms with E-state index in [1.807, 2.05) is 6.07 Å². The second kappa shape index (κ2) is 10.1. The van der Waals surface area contributed by atoms with Crippen LogP contribution in [0.25, 0.3) is 10.9 Å². The largest absolute Gasteiger partial charge is 0.480 e. The Balaban J connectivity index is 0.00000253. The van der Waals surface area contributed by atoms with Crippen molar-refractivity contribution in [1.29, 1.82) is 0 Å². The summed E-state index contributed by atoms with van der Waals surface area (Å²) in [5.41, 5.74) is 2.22. The van der Waals surface area contributed by atoms with Crippen molar-refractivity contribution < 1.29 is 14.2 Å². The number of hydrogen-bond acceptors (Lipinski definition) is 7. The molecule has 35 heavy (non-hydrogen) atoms. The van der Waals surface area contributed by atoms with Gasteiger partial charge in [0, 0.05) is 49.8 Å². The van der Waals surface area contributed by atoms with Crippen LogP contribution in [-0.4, -0.2) is 57.3 Å². The first-order valence-corrected chi connectivity index (χ1v) is 12.8. The maximum absolute atomic E-state index is 14.9. The molecule has 3 atom stereocenters. The zero-order valence-corrected chi connectivity index (χ0v) is 20.8. The molecule has 6 rings (SSSR count). The van der Waals surface area contributed by atoms with Crippen LogP contribution >= 0.6 is 24.2 Å². The molecule has 3 aliphatic rings. The van der Waals surface area contributed by atoms with Crippen molar-refractivity contribution in [2.75, 3.05) is 25.6 Å². The molecular weight excluding hydrogens is 491 g/mol. The number of aromatic nitrogens is 2. The molecule has 1 aromatic carbocycles. The van der Waals surface area contributed by atoms with Gasteiger partial charge in [-0.3, -0.25) is 9.78 Å². The molecule has 2 N–H and O–H groups in total. The van der Waals surface area contributed by atoms with E-state index in [2.05, 4.69) is 15.2 Å². The van der Waals surface area contributed by atoms with Crippen LogP contribution < -0.4 is 15.6 Å². The van der Waals surface area contributed by atoms with E-state index in [9.17, 15) is 14.3 Å². The average molecular weight is 519 g/mol. The van der Waals surface area contributed by atoms with Gasteiger partial charge in [-0.1, -0.05) is 11.8 Å². The van der Waals surface area contributed by atoms with E-state index < -0.39 is 6.10 Å². The lowest BCUT2D eigenvalue weighted by Crippen LogP contribution is -2.53. The summed E-state index contributed by atoms with van der Waals surface area (Å²) >= 11 is 1.66. The number of rotatable bonds is 5. The first-order valence-electron chi connectivity index (χ1n) is 11.8. The number of nitrogens with zero attached hydrogens (tertiary/aromatic N) is 3. The molecule has 1 saturated heterocycles. The van der Waals surface area contributed by atoms with Crippen LogP contribution in [-0.2, 0) is 13.1 Å². The molecular formula is C25H28ClFN4O3S. The highest BCUT2D eigenvalue weighted by atomic mass is 35.5. The predicted octanol–water partition coefficient (Wildman–Crippen LogP) is 3.11. The lowest BCUT2D eigenvalue weighted by atomic mass is 9.88. The molecule has 0 aliphatic carbocycles. The minimum absolute atomic E-state index is 0. The number of piperidine rings is 1. The van der Waals surface area contributed by atoms with Gasteiger partial charge in [-0.2, -0.15) is 0 Å². The Morgan fingerprint density at radius 1 is 1.23 bits per heavy atom. The van der Waals surface area contributed by atoms with Crippen molar-refractivity contribution in [3.05, 3.63) is 64.0 Å². The van der Waals surface area contributed by atoms with Gasteiger partial charge >= 0.3 is 0 Å². The van der Waals surface area contributed by atoms with Gasteiger partial charge in [0.2, 0.25) is 0 Å². The lowest BCUT2D eigenvalue weighted by Gasteiger charge is -2.39. The van der Waals surface area contributed by atoms with Crippen molar-refractivity contribution in [3.8, 4) is 5.75 Å². The number of pyridine rings is 2. The molecule has 1 unspecified atom stereocenters. The number of aliphatic hydroxyl groups is 1. The van der Waals surface area contributed by atoms with Gasteiger partial charge in [0.05, 0.1) is 28.4 Å². The third kappa shape index (κ3) is 4.68. The second-order valence-electron chi connectivity index (χ2n) is 9.34. The number of hydrogen-bond donors (Lipinski definition) is 2. The quantitative estimate of drug-likeness (QED) is 0.537. The highest BCUT2D eigenvalue weighted by molar-refractivity contribution is 7.99. The Labute approximate surface area is 213 Å². The Morgan fingerprint density at radius 2 is 2.09 bits per heavy atom. The van der Waals surface area contributed by atoms with Crippen molar-refractivity contribution >= 4 is 35.1 Å². The SMILES string of the molecule is Cl.O=c1ccc2ccc(F)c3c2n1CCC3CN1CC[C@H](NCc2cc3c(cn2)OCS3)[C@H](O)C1. The maximum atomic E-state index is 14.9. The number of fused-ring (bicyclic) bond motifs is 1. The van der Waals surface area contributed by atoms with Gasteiger partial charge < -0.3 is 24.6 Å². The molecule has 1 fully saturated rings. The van der Waals surface area contributed by atoms with Crippen molar-refractivity contribution in [1.82, 2.24) is 19.8 Å². The van der Waals surface area contributed by atoms with Gasteiger partial charge in [-0.25, -0.2) is 4.39 Å². The summed E-state index contributed by atoms with van der Waals surface area (Å²) < 4.78 is 22.1. The van der Waals surface area contributed by atoms with E-state index in [-0.39, 0.29) is 35.7 Å². The van der Waals surface area contributed by atoms with Crippen LogP contribution in [0.15, 0.2) is 46.2 Å². The summed E-state index contributed by atoms with van der Waals surface area (Å²) in [6, 6.07) is 8.62. The summed E-state index contributed by atoms with van der Waals surface area (Å²) in [7, 11) is 0. The number of aliphatic hydroxyl groups excluding tert-OH is 1. The highest BCUT2D eigenvalue weighted by Gasteiger charge is 2.32. The molecule has 0 bridgehead atoms. The fourth-order valence-corrected chi connectivity index (χ4v) is 6.29. The Bertz CT molecular complexity index is 1310. The van der Waals surface area contributed by atoms with Crippen LogP contribution in [0.4, 0.5) is 4.39 Å². The van der Waals surface area contributed by atoms with Crippen LogP contribution in [0.5, 0.6) is 5.75 Å². The van der Waals surface area contributed by atoms with Crippen LogP contribution in [0, 0.1) is 5.82 Å². The molecule has 7 nitrogen and oxygen atoms in total. The highest BCUT2D eigenvalue weighted by Crippen LogP contribution is 2.36. The fraction of sp³-hybridized carbons (Fsp3) is 0.440. The van der Waals surface area contributed by atoms with E-state index in [4.69, 9.17) is 4.74 Å². The minimum atomic E-state index is -0.514. The molecule has 0 amide bonds. The van der Waals surface area contributed by atoms with Gasteiger partial charge in [0.1, 0.15) is 11.8 Å². The first kappa shape index (κ1) is 24.5. The van der Waals surface area contributed by atoms with Crippen LogP contribution in [0.2, 0.25) is 0 Å². The fourth-order valence-electron chi connectivity index (χ4n) is 5.51. The molecule has 0 saturated carbocycles. The number of β-amino-alcohol motifs (C(OH)–C–C–N with tert-alkyl or cyclic N) is 1. The lowest BCUT2D eigenvalue weighted by molar-refractivity contribution is 0.0363. The van der Waals surface area contributed by atoms with E-state index in [1.165, 1.54) is 6.07 Å². The summed E-state index contributed by atoms with van der Waals surface area (Å²) in [5.74, 6) is 1.22. The molecule has 10 heteroatoms. The molecule has 186 valence electrons. The summed E-state index contributed by atoms with van der Waals surface area (Å²) in [6.45, 7) is 3.22. The molecule has 5 heterocycles. The number of ether oxygens (including phenoxy) is 1. The maximum Gasteiger partial charge on any atom is 0.251 e. The van der Waals surface area contributed by atoms with Crippen molar-refractivity contribution in [2.45, 2.75) is 48.9 Å². The number of likely N-dealkylation sites (tertiary alicyclic amines) is 1. The van der Waals surface area contributed by atoms with E-state index >= 15 is 0 Å². The predicted molar refractivity (Wildman–Crippen MR) is 136 cm³/mol. The van der Waals surface area contributed by atoms with Crippen molar-refractivity contribution in [3.63, 3.8) is 0 Å². The molecule has 3 aliphatic heterocycles. The van der Waals surface area contributed by atoms with Crippen molar-refractivity contribution in [2.24, 2.45) is 0 Å². The third-order valence-electron chi connectivity index (χ3n) is 7.25. The molecule has 0 radical (unpaired) electrons. The third-order valence-corrected chi connectivity index (χ3v) is 8.12. The van der Waals surface area contributed by atoms with Gasteiger partial charge in [0.15, 0.2) is 5.75 Å². The normalized spacial score (nSPS) is 23.5. The number of halogens is 2. The topological polar surface area (TPSA) is 79.6 Å². The smallest absolute Gasteiger partial charge is 0.251 e. The van der Waals surface area contributed by atoms with E-state index in [0.717, 1.165) is 40.2 Å². The molecule has 0 spiro atoms. The Kier molecular flexibility index (Phi) is 7.05. The Hall–Kier alpha value is -2.17. The van der Waals surface area contributed by atoms with Gasteiger partial charge in [-0.15, -0.1) is 12.4 Å². The Morgan fingerprint density at radius 3 is 2.94 bits per heavy atom. The molecule has 2 aromatic heterocycles. The van der Waals surface area contributed by atoms with Gasteiger partial charge in [-0.05, 0) is 49.0 Å². The summed E-state index contributed by atoms with van der Waals surface area (Å²) in [5, 5.41) is 15.2. The number of aryl methyl sites for hydroxylation is 1. The first-order chi connectivity index (χ1) is 16.6. The minimum Gasteiger partial charge on any atom is -0.480 e. The van der Waals surface area contributed by atoms with Gasteiger partial charge in [0.25, 0.3) is 5.56 Å². The average Bonchev–Trinajstić information content (AvgIpc) is 3.31. The monoisotopic (exact) mass is 518 g/mol. The number of nitrogens with one attached hydrogen (secondary N) is 1. The summed E-state index contributed by atoms with van der Waals surface area (Å²) in [4.78, 5) is 20.1. The van der Waals surface area contributed by atoms with Crippen LogP contribution in [0.1, 0.15) is 30.0 Å². The number of benzene rings is 1. The standard InChI is InChI=1S/C25H27FN4O3S.ClH/c26-18-3-1-15-2-4-23(32)30-8-5-16(24(18)25(15)30)12-29-7-6-19(20(31)13-29)28-10-17-9-22-21(11-27-17)33-14-34-22;/h1-4,9,11,16,19-20,28,31H,5-8,10,12-14H2;1H/t16?,19-,20+;/m0./s1. The summed E-state index contributed by atoms with van der Waals surface area (Å²) in [6.07, 6.45) is 2.77. The zero-order valence-electron chi connectivity index (χ0n) is 19.2. The second-order valence-corrected chi connectivity index (χ2v) is 10.3. The number of thioether (sulfide) groups is 1.